The summed E-state index contributed by atoms with van der Waals surface area (Å²) >= 11 is 0. The lowest BCUT2D eigenvalue weighted by Crippen LogP contribution is -2.22. The first-order chi connectivity index (χ1) is 13.1. The van der Waals surface area contributed by atoms with Gasteiger partial charge in [0.15, 0.2) is 11.5 Å². The maximum Gasteiger partial charge on any atom is 0.257 e. The number of aromatic nitrogens is 1. The molecule has 0 aliphatic heterocycles. The van der Waals surface area contributed by atoms with Gasteiger partial charge >= 0.3 is 0 Å². The molecule has 0 aliphatic rings. The molecule has 0 saturated carbocycles. The van der Waals surface area contributed by atoms with Gasteiger partial charge in [-0.3, -0.25) is 9.59 Å². The van der Waals surface area contributed by atoms with Gasteiger partial charge in [0.05, 0.1) is 26.3 Å². The van der Waals surface area contributed by atoms with Crippen molar-refractivity contribution >= 4 is 11.6 Å². The van der Waals surface area contributed by atoms with Crippen molar-refractivity contribution in [2.45, 2.75) is 6.54 Å². The Hall–Kier alpha value is -3.54. The average molecular weight is 364 g/mol. The zero-order chi connectivity index (χ0) is 19.2. The summed E-state index contributed by atoms with van der Waals surface area (Å²) in [6, 6.07) is 17.6. The summed E-state index contributed by atoms with van der Waals surface area (Å²) in [7, 11) is 3.08. The van der Waals surface area contributed by atoms with E-state index in [9.17, 15) is 9.59 Å². The number of anilines is 1. The maximum absolute atomic E-state index is 12.6. The monoisotopic (exact) mass is 364 g/mol. The number of carbonyl (C=O) groups excluding carboxylic acids is 1. The second kappa shape index (κ2) is 8.23. The van der Waals surface area contributed by atoms with Gasteiger partial charge in [-0.15, -0.1) is 0 Å². The van der Waals surface area contributed by atoms with Gasteiger partial charge in [0.1, 0.15) is 0 Å². The van der Waals surface area contributed by atoms with Crippen molar-refractivity contribution in [3.8, 4) is 11.5 Å². The van der Waals surface area contributed by atoms with E-state index in [1.807, 2.05) is 30.3 Å². The van der Waals surface area contributed by atoms with Crippen molar-refractivity contribution in [3.63, 3.8) is 0 Å². The molecule has 2 aromatic carbocycles. The number of pyridine rings is 1. The Morgan fingerprint density at radius 3 is 2.41 bits per heavy atom. The van der Waals surface area contributed by atoms with E-state index in [-0.39, 0.29) is 11.5 Å². The normalized spacial score (nSPS) is 10.3. The number of amides is 1. The van der Waals surface area contributed by atoms with Crippen LogP contribution in [0.1, 0.15) is 15.9 Å². The molecule has 0 bridgehead atoms. The van der Waals surface area contributed by atoms with E-state index >= 15 is 0 Å². The first-order valence-electron chi connectivity index (χ1n) is 8.38. The molecule has 0 saturated heterocycles. The van der Waals surface area contributed by atoms with Gasteiger partial charge in [-0.1, -0.05) is 30.3 Å². The molecule has 0 unspecified atom stereocenters. The predicted molar refractivity (Wildman–Crippen MR) is 104 cm³/mol. The van der Waals surface area contributed by atoms with Crippen molar-refractivity contribution in [2.24, 2.45) is 0 Å². The second-order valence-corrected chi connectivity index (χ2v) is 5.89. The number of carbonyl (C=O) groups is 1. The summed E-state index contributed by atoms with van der Waals surface area (Å²) < 4.78 is 11.9. The minimum absolute atomic E-state index is 0.165. The maximum atomic E-state index is 12.6. The molecule has 0 atom stereocenters. The molecular formula is C21H20N2O4. The molecule has 0 radical (unpaired) electrons. The first kappa shape index (κ1) is 18.3. The predicted octanol–water partition coefficient (Wildman–Crippen LogP) is 3.17. The van der Waals surface area contributed by atoms with Crippen molar-refractivity contribution in [3.05, 3.63) is 88.3 Å². The number of nitrogens with zero attached hydrogens (tertiary/aromatic N) is 1. The first-order valence-corrected chi connectivity index (χ1v) is 8.38. The van der Waals surface area contributed by atoms with Crippen LogP contribution in [0.4, 0.5) is 5.69 Å². The van der Waals surface area contributed by atoms with Gasteiger partial charge in [0.25, 0.3) is 11.5 Å². The zero-order valence-electron chi connectivity index (χ0n) is 15.1. The highest BCUT2D eigenvalue weighted by Gasteiger charge is 2.11. The van der Waals surface area contributed by atoms with Gasteiger partial charge in [0, 0.05) is 24.0 Å². The quantitative estimate of drug-likeness (QED) is 0.729. The summed E-state index contributed by atoms with van der Waals surface area (Å²) in [5.41, 5.74) is 1.78. The fraction of sp³-hybridized carbons (Fsp3) is 0.143. The molecule has 3 aromatic rings. The zero-order valence-corrected chi connectivity index (χ0v) is 15.1. The van der Waals surface area contributed by atoms with Crippen LogP contribution in [0.25, 0.3) is 0 Å². The van der Waals surface area contributed by atoms with E-state index in [0.29, 0.717) is 29.3 Å². The molecule has 0 fully saturated rings. The van der Waals surface area contributed by atoms with Crippen LogP contribution < -0.4 is 20.3 Å². The highest BCUT2D eigenvalue weighted by molar-refractivity contribution is 6.04. The summed E-state index contributed by atoms with van der Waals surface area (Å²) in [4.78, 5) is 24.7. The Morgan fingerprint density at radius 1 is 0.963 bits per heavy atom. The second-order valence-electron chi connectivity index (χ2n) is 5.89. The molecule has 1 amide bonds. The van der Waals surface area contributed by atoms with E-state index in [4.69, 9.17) is 9.47 Å². The molecule has 3 rings (SSSR count). The highest BCUT2D eigenvalue weighted by atomic mass is 16.5. The van der Waals surface area contributed by atoms with Gasteiger partial charge in [-0.25, -0.2) is 0 Å². The van der Waals surface area contributed by atoms with Crippen molar-refractivity contribution in [1.82, 2.24) is 4.57 Å². The topological polar surface area (TPSA) is 69.6 Å². The smallest absolute Gasteiger partial charge is 0.257 e. The van der Waals surface area contributed by atoms with Crippen LogP contribution in [-0.4, -0.2) is 24.7 Å². The third-order valence-electron chi connectivity index (χ3n) is 4.08. The molecule has 0 spiro atoms. The average Bonchev–Trinajstić information content (AvgIpc) is 2.70. The molecule has 27 heavy (non-hydrogen) atoms. The highest BCUT2D eigenvalue weighted by Crippen LogP contribution is 2.29. The Labute approximate surface area is 157 Å². The van der Waals surface area contributed by atoms with Crippen molar-refractivity contribution < 1.29 is 14.3 Å². The van der Waals surface area contributed by atoms with E-state index in [2.05, 4.69) is 5.32 Å². The Morgan fingerprint density at radius 2 is 1.70 bits per heavy atom. The number of rotatable bonds is 6. The van der Waals surface area contributed by atoms with E-state index in [0.717, 1.165) is 5.56 Å². The molecule has 1 aromatic heterocycles. The molecule has 138 valence electrons. The molecule has 6 nitrogen and oxygen atoms in total. The van der Waals surface area contributed by atoms with Crippen molar-refractivity contribution in [2.75, 3.05) is 19.5 Å². The minimum atomic E-state index is -0.316. The minimum Gasteiger partial charge on any atom is -0.493 e. The van der Waals surface area contributed by atoms with E-state index < -0.39 is 0 Å². The molecular weight excluding hydrogens is 344 g/mol. The SMILES string of the molecule is COc1ccc(NC(=O)c2ccc(=O)n(Cc3ccccc3)c2)cc1OC. The third-order valence-corrected chi connectivity index (χ3v) is 4.08. The summed E-state index contributed by atoms with van der Waals surface area (Å²) in [6.45, 7) is 0.400. The van der Waals surface area contributed by atoms with Crippen molar-refractivity contribution in [1.29, 1.82) is 0 Å². The standard InChI is InChI=1S/C21H20N2O4/c1-26-18-10-9-17(12-19(18)27-2)22-21(25)16-8-11-20(24)23(14-16)13-15-6-4-3-5-7-15/h3-12,14H,13H2,1-2H3,(H,22,25). The lowest BCUT2D eigenvalue weighted by Gasteiger charge is -2.11. The number of nitrogens with one attached hydrogen (secondary N) is 1. The fourth-order valence-corrected chi connectivity index (χ4v) is 2.69. The van der Waals surface area contributed by atoms with Crippen LogP contribution in [0, 0.1) is 0 Å². The van der Waals surface area contributed by atoms with E-state index in [1.54, 1.807) is 31.5 Å². The number of methoxy groups -OCH3 is 2. The Bertz CT molecular complexity index is 997. The fourth-order valence-electron chi connectivity index (χ4n) is 2.69. The molecule has 0 aliphatic carbocycles. The Kier molecular flexibility index (Phi) is 5.56. The lowest BCUT2D eigenvalue weighted by atomic mass is 10.2. The summed E-state index contributed by atoms with van der Waals surface area (Å²) in [6.07, 6.45) is 1.56. The van der Waals surface area contributed by atoms with Crippen LogP contribution in [-0.2, 0) is 6.54 Å². The van der Waals surface area contributed by atoms with Gasteiger partial charge in [0.2, 0.25) is 0 Å². The molecule has 6 heteroatoms. The van der Waals surface area contributed by atoms with Crippen LogP contribution in [0.3, 0.4) is 0 Å². The summed E-state index contributed by atoms with van der Waals surface area (Å²) in [5, 5.41) is 2.80. The summed E-state index contributed by atoms with van der Waals surface area (Å²) in [5.74, 6) is 0.778. The van der Waals surface area contributed by atoms with Gasteiger partial charge < -0.3 is 19.4 Å². The van der Waals surface area contributed by atoms with E-state index in [1.165, 1.54) is 23.8 Å². The Balaban J connectivity index is 1.81. The van der Waals surface area contributed by atoms with Crippen LogP contribution in [0.2, 0.25) is 0 Å². The van der Waals surface area contributed by atoms with Crippen LogP contribution in [0.5, 0.6) is 11.5 Å². The lowest BCUT2D eigenvalue weighted by molar-refractivity contribution is 0.102. The number of hydrogen-bond donors (Lipinski definition) is 1. The van der Waals surface area contributed by atoms with Gasteiger partial charge in [-0.2, -0.15) is 0 Å². The van der Waals surface area contributed by atoms with Crippen LogP contribution in [0.15, 0.2) is 71.7 Å². The third kappa shape index (κ3) is 4.36. The molecule has 1 heterocycles. The number of hydrogen-bond acceptors (Lipinski definition) is 4. The molecule has 1 N–H and O–H groups in total. The van der Waals surface area contributed by atoms with Crippen LogP contribution >= 0.6 is 0 Å². The largest absolute Gasteiger partial charge is 0.493 e. The van der Waals surface area contributed by atoms with Gasteiger partial charge in [-0.05, 0) is 23.8 Å². The number of ether oxygens (including phenoxy) is 2. The number of benzene rings is 2.